The Morgan fingerprint density at radius 1 is 1.12 bits per heavy atom. The summed E-state index contributed by atoms with van der Waals surface area (Å²) in [5.41, 5.74) is 1.08. The molecule has 3 atom stereocenters. The quantitative estimate of drug-likeness (QED) is 0.546. The van der Waals surface area contributed by atoms with Crippen LogP contribution < -0.4 is 4.74 Å². The van der Waals surface area contributed by atoms with Crippen LogP contribution in [-0.4, -0.2) is 39.5 Å². The van der Waals surface area contributed by atoms with Gasteiger partial charge in [-0.2, -0.15) is 0 Å². The molecule has 0 heterocycles. The van der Waals surface area contributed by atoms with Gasteiger partial charge in [0, 0.05) is 25.4 Å². The van der Waals surface area contributed by atoms with Gasteiger partial charge < -0.3 is 18.9 Å². The van der Waals surface area contributed by atoms with Crippen LogP contribution in [0.25, 0.3) is 0 Å². The Balaban J connectivity index is 2.53. The molecule has 136 valence electrons. The zero-order chi connectivity index (χ0) is 17.9. The fraction of sp³-hybridized carbons (Fsp3) is 0.632. The van der Waals surface area contributed by atoms with Crippen molar-refractivity contribution in [2.75, 3.05) is 27.6 Å². The van der Waals surface area contributed by atoms with Crippen LogP contribution in [0, 0.1) is 11.8 Å². The number of carbonyl (C=O) groups is 1. The third-order valence-electron chi connectivity index (χ3n) is 4.10. The first-order valence-corrected chi connectivity index (χ1v) is 8.37. The molecule has 0 aromatic heterocycles. The fourth-order valence-electron chi connectivity index (χ4n) is 2.63. The molecule has 1 aromatic rings. The molecule has 0 N–H and O–H groups in total. The molecular weight excluding hydrogens is 308 g/mol. The lowest BCUT2D eigenvalue weighted by Crippen LogP contribution is -2.36. The average Bonchev–Trinajstić information content (AvgIpc) is 2.61. The highest BCUT2D eigenvalue weighted by Crippen LogP contribution is 2.20. The summed E-state index contributed by atoms with van der Waals surface area (Å²) in [5.74, 6) is 0.929. The number of hydrogen-bond donors (Lipinski definition) is 0. The van der Waals surface area contributed by atoms with Crippen molar-refractivity contribution in [2.45, 2.75) is 39.9 Å². The molecule has 0 unspecified atom stereocenters. The van der Waals surface area contributed by atoms with Crippen molar-refractivity contribution in [2.24, 2.45) is 11.8 Å². The summed E-state index contributed by atoms with van der Waals surface area (Å²) in [6.07, 6.45) is 0.293. The van der Waals surface area contributed by atoms with Crippen LogP contribution in [0.15, 0.2) is 24.3 Å². The second kappa shape index (κ2) is 11.2. The molecule has 0 saturated heterocycles. The van der Waals surface area contributed by atoms with E-state index < -0.39 is 0 Å². The zero-order valence-corrected chi connectivity index (χ0v) is 15.4. The number of carbonyl (C=O) groups excluding carboxylic acids is 1. The molecule has 5 heteroatoms. The molecule has 0 spiro atoms. The van der Waals surface area contributed by atoms with Gasteiger partial charge in [-0.25, -0.2) is 0 Å². The molecule has 1 rings (SSSR count). The molecule has 0 saturated carbocycles. The van der Waals surface area contributed by atoms with Gasteiger partial charge in [0.05, 0.1) is 26.4 Å². The Labute approximate surface area is 145 Å². The number of ketones is 1. The largest absolute Gasteiger partial charge is 0.497 e. The average molecular weight is 338 g/mol. The molecule has 0 aliphatic rings. The van der Waals surface area contributed by atoms with Crippen molar-refractivity contribution in [3.05, 3.63) is 29.8 Å². The normalized spacial score (nSPS) is 14.9. The SMILES string of the molecule is CCC(=O)[C@@H](C)[C@H](OCOC)[C@H](C)COCc1ccc(OC)cc1. The maximum Gasteiger partial charge on any atom is 0.146 e. The summed E-state index contributed by atoms with van der Waals surface area (Å²) in [7, 11) is 3.22. The molecule has 0 amide bonds. The van der Waals surface area contributed by atoms with Crippen molar-refractivity contribution in [3.8, 4) is 5.75 Å². The van der Waals surface area contributed by atoms with E-state index in [0.29, 0.717) is 19.6 Å². The van der Waals surface area contributed by atoms with Gasteiger partial charge in [-0.15, -0.1) is 0 Å². The van der Waals surface area contributed by atoms with E-state index >= 15 is 0 Å². The summed E-state index contributed by atoms with van der Waals surface area (Å²) in [6, 6.07) is 7.78. The maximum atomic E-state index is 12.0. The second-order valence-corrected chi connectivity index (χ2v) is 5.99. The predicted octanol–water partition coefficient (Wildman–Crippen LogP) is 3.45. The van der Waals surface area contributed by atoms with Crippen LogP contribution in [0.4, 0.5) is 0 Å². The van der Waals surface area contributed by atoms with Gasteiger partial charge in [0.15, 0.2) is 0 Å². The summed E-state index contributed by atoms with van der Waals surface area (Å²) < 4.78 is 21.7. The molecule has 0 aliphatic carbocycles. The van der Waals surface area contributed by atoms with E-state index in [1.54, 1.807) is 14.2 Å². The van der Waals surface area contributed by atoms with Crippen LogP contribution in [0.1, 0.15) is 32.8 Å². The summed E-state index contributed by atoms with van der Waals surface area (Å²) in [5, 5.41) is 0. The van der Waals surface area contributed by atoms with Gasteiger partial charge in [0.2, 0.25) is 0 Å². The Kier molecular flexibility index (Phi) is 9.60. The minimum Gasteiger partial charge on any atom is -0.497 e. The number of Topliss-reactive ketones (excluding diaryl/α,β-unsaturated/α-hetero) is 1. The minimum atomic E-state index is -0.215. The topological polar surface area (TPSA) is 54.0 Å². The zero-order valence-electron chi connectivity index (χ0n) is 15.4. The van der Waals surface area contributed by atoms with Crippen molar-refractivity contribution in [1.29, 1.82) is 0 Å². The fourth-order valence-corrected chi connectivity index (χ4v) is 2.63. The number of hydrogen-bond acceptors (Lipinski definition) is 5. The van der Waals surface area contributed by atoms with Crippen LogP contribution >= 0.6 is 0 Å². The van der Waals surface area contributed by atoms with E-state index in [1.165, 1.54) is 0 Å². The maximum absolute atomic E-state index is 12.0. The lowest BCUT2D eigenvalue weighted by molar-refractivity contribution is -0.142. The molecule has 0 bridgehead atoms. The Morgan fingerprint density at radius 3 is 2.33 bits per heavy atom. The molecule has 0 aliphatic heterocycles. The molecule has 0 radical (unpaired) electrons. The van der Waals surface area contributed by atoms with Crippen LogP contribution in [0.3, 0.4) is 0 Å². The van der Waals surface area contributed by atoms with Gasteiger partial charge in [-0.05, 0) is 17.7 Å². The Bertz CT molecular complexity index is 471. The summed E-state index contributed by atoms with van der Waals surface area (Å²) >= 11 is 0. The highest BCUT2D eigenvalue weighted by molar-refractivity contribution is 5.80. The first-order valence-electron chi connectivity index (χ1n) is 8.37. The third kappa shape index (κ3) is 6.59. The number of benzene rings is 1. The summed E-state index contributed by atoms with van der Waals surface area (Å²) in [6.45, 7) is 7.02. The van der Waals surface area contributed by atoms with E-state index in [1.807, 2.05) is 45.0 Å². The van der Waals surface area contributed by atoms with Gasteiger partial charge in [-0.3, -0.25) is 4.79 Å². The smallest absolute Gasteiger partial charge is 0.146 e. The standard InChI is InChI=1S/C19H30O5/c1-6-18(20)15(3)19(24-13-21-4)14(2)11-23-12-16-7-9-17(22-5)10-8-16/h7-10,14-15,19H,6,11-13H2,1-5H3/t14-,15-,19-/m1/s1. The Hall–Kier alpha value is -1.43. The molecule has 0 fully saturated rings. The third-order valence-corrected chi connectivity index (χ3v) is 4.10. The first-order chi connectivity index (χ1) is 11.5. The van der Waals surface area contributed by atoms with Crippen molar-refractivity contribution in [1.82, 2.24) is 0 Å². The predicted molar refractivity (Wildman–Crippen MR) is 93.0 cm³/mol. The number of rotatable bonds is 12. The summed E-state index contributed by atoms with van der Waals surface area (Å²) in [4.78, 5) is 12.0. The number of methoxy groups -OCH3 is 2. The molecule has 5 nitrogen and oxygen atoms in total. The first kappa shape index (κ1) is 20.6. The lowest BCUT2D eigenvalue weighted by Gasteiger charge is -2.28. The van der Waals surface area contributed by atoms with Crippen LogP contribution in [-0.2, 0) is 25.6 Å². The van der Waals surface area contributed by atoms with Crippen molar-refractivity contribution in [3.63, 3.8) is 0 Å². The highest BCUT2D eigenvalue weighted by atomic mass is 16.7. The van der Waals surface area contributed by atoms with Gasteiger partial charge >= 0.3 is 0 Å². The van der Waals surface area contributed by atoms with Crippen LogP contribution in [0.5, 0.6) is 5.75 Å². The van der Waals surface area contributed by atoms with Gasteiger partial charge in [0.25, 0.3) is 0 Å². The van der Waals surface area contributed by atoms with Gasteiger partial charge in [0.1, 0.15) is 18.3 Å². The monoisotopic (exact) mass is 338 g/mol. The number of ether oxygens (including phenoxy) is 4. The lowest BCUT2D eigenvalue weighted by atomic mass is 9.89. The van der Waals surface area contributed by atoms with Crippen molar-refractivity contribution >= 4 is 5.78 Å². The van der Waals surface area contributed by atoms with Gasteiger partial charge in [-0.1, -0.05) is 32.9 Å². The molecular formula is C19H30O5. The second-order valence-electron chi connectivity index (χ2n) is 5.99. The van der Waals surface area contributed by atoms with Crippen molar-refractivity contribution < 1.29 is 23.7 Å². The van der Waals surface area contributed by atoms with E-state index in [0.717, 1.165) is 11.3 Å². The Morgan fingerprint density at radius 2 is 1.79 bits per heavy atom. The minimum absolute atomic E-state index is 0.0869. The molecule has 1 aromatic carbocycles. The van der Waals surface area contributed by atoms with E-state index in [-0.39, 0.29) is 30.5 Å². The highest BCUT2D eigenvalue weighted by Gasteiger charge is 2.28. The van der Waals surface area contributed by atoms with Crippen LogP contribution in [0.2, 0.25) is 0 Å². The van der Waals surface area contributed by atoms with E-state index in [2.05, 4.69) is 0 Å². The van der Waals surface area contributed by atoms with E-state index in [9.17, 15) is 4.79 Å². The molecule has 24 heavy (non-hydrogen) atoms. The van der Waals surface area contributed by atoms with E-state index in [4.69, 9.17) is 18.9 Å².